The molecule has 0 unspecified atom stereocenters. The van der Waals surface area contributed by atoms with Crippen molar-refractivity contribution in [1.29, 1.82) is 0 Å². The molecule has 0 aliphatic carbocycles. The van der Waals surface area contributed by atoms with Crippen LogP contribution >= 0.6 is 15.9 Å². The number of carbonyl (C=O) groups is 2. The lowest BCUT2D eigenvalue weighted by molar-refractivity contribution is -0.125. The lowest BCUT2D eigenvalue weighted by atomic mass is 10.2. The number of rotatable bonds is 5. The Labute approximate surface area is 131 Å². The van der Waals surface area contributed by atoms with Gasteiger partial charge in [-0.3, -0.25) is 4.79 Å². The maximum atomic E-state index is 12.1. The van der Waals surface area contributed by atoms with Gasteiger partial charge in [0.15, 0.2) is 6.10 Å². The van der Waals surface area contributed by atoms with Crippen LogP contribution in [-0.2, 0) is 19.6 Å². The lowest BCUT2D eigenvalue weighted by Crippen LogP contribution is -2.30. The number of ether oxygens (including phenoxy) is 1. The normalized spacial score (nSPS) is 13.0. The lowest BCUT2D eigenvalue weighted by Gasteiger charge is -2.14. The van der Waals surface area contributed by atoms with Gasteiger partial charge in [-0.25, -0.2) is 17.5 Å². The van der Waals surface area contributed by atoms with Gasteiger partial charge >= 0.3 is 5.97 Å². The molecule has 0 aliphatic rings. The average Bonchev–Trinajstić information content (AvgIpc) is 2.38. The monoisotopic (exact) mass is 378 g/mol. The zero-order valence-corrected chi connectivity index (χ0v) is 14.1. The van der Waals surface area contributed by atoms with Crippen molar-refractivity contribution in [3.63, 3.8) is 0 Å². The van der Waals surface area contributed by atoms with Crippen LogP contribution in [-0.4, -0.2) is 44.8 Å². The van der Waals surface area contributed by atoms with Gasteiger partial charge in [0.2, 0.25) is 10.0 Å². The third kappa shape index (κ3) is 4.02. The summed E-state index contributed by atoms with van der Waals surface area (Å²) >= 11 is 3.13. The first-order chi connectivity index (χ1) is 9.57. The number of esters is 1. The smallest absolute Gasteiger partial charge is 0.338 e. The average molecular weight is 379 g/mol. The zero-order valence-electron chi connectivity index (χ0n) is 11.7. The molecule has 1 aromatic rings. The van der Waals surface area contributed by atoms with Gasteiger partial charge in [-0.1, -0.05) is 0 Å². The number of hydrogen-bond donors (Lipinski definition) is 1. The van der Waals surface area contributed by atoms with Crippen LogP contribution < -0.4 is 5.73 Å². The molecule has 0 aliphatic heterocycles. The molecule has 1 atom stereocenters. The third-order valence-electron chi connectivity index (χ3n) is 2.61. The highest BCUT2D eigenvalue weighted by Gasteiger charge is 2.23. The number of nitrogens with zero attached hydrogens (tertiary/aromatic N) is 1. The Morgan fingerprint density at radius 3 is 2.38 bits per heavy atom. The molecule has 0 bridgehead atoms. The Morgan fingerprint density at radius 1 is 1.33 bits per heavy atom. The Morgan fingerprint density at radius 2 is 1.90 bits per heavy atom. The largest absolute Gasteiger partial charge is 0.449 e. The van der Waals surface area contributed by atoms with E-state index in [0.29, 0.717) is 4.47 Å². The van der Waals surface area contributed by atoms with E-state index in [9.17, 15) is 18.0 Å². The molecule has 1 aromatic carbocycles. The minimum absolute atomic E-state index is 0.00623. The fourth-order valence-electron chi connectivity index (χ4n) is 1.31. The van der Waals surface area contributed by atoms with Crippen molar-refractivity contribution in [3.8, 4) is 0 Å². The van der Waals surface area contributed by atoms with Crippen molar-refractivity contribution in [2.24, 2.45) is 5.73 Å². The molecule has 21 heavy (non-hydrogen) atoms. The van der Waals surface area contributed by atoms with Crippen LogP contribution in [0.1, 0.15) is 17.3 Å². The summed E-state index contributed by atoms with van der Waals surface area (Å²) in [5.74, 6) is -1.62. The van der Waals surface area contributed by atoms with Crippen LogP contribution in [0, 0.1) is 0 Å². The number of primary amides is 1. The number of halogens is 1. The summed E-state index contributed by atoms with van der Waals surface area (Å²) in [4.78, 5) is 22.7. The molecule has 0 heterocycles. The highest BCUT2D eigenvalue weighted by Crippen LogP contribution is 2.25. The van der Waals surface area contributed by atoms with Crippen molar-refractivity contribution >= 4 is 37.8 Å². The highest BCUT2D eigenvalue weighted by molar-refractivity contribution is 9.10. The van der Waals surface area contributed by atoms with Gasteiger partial charge in [-0.2, -0.15) is 0 Å². The number of nitrogens with two attached hydrogens (primary N) is 1. The first-order valence-electron chi connectivity index (χ1n) is 5.79. The predicted molar refractivity (Wildman–Crippen MR) is 79.1 cm³/mol. The molecule has 0 spiro atoms. The summed E-state index contributed by atoms with van der Waals surface area (Å²) in [6, 6.07) is 3.98. The predicted octanol–water partition coefficient (Wildman–Crippen LogP) is 0.730. The number of carbonyl (C=O) groups excluding carboxylic acids is 2. The molecule has 7 nitrogen and oxygen atoms in total. The highest BCUT2D eigenvalue weighted by atomic mass is 79.9. The molecule has 1 rings (SSSR count). The van der Waals surface area contributed by atoms with E-state index >= 15 is 0 Å². The van der Waals surface area contributed by atoms with Crippen molar-refractivity contribution in [2.75, 3.05) is 14.1 Å². The molecule has 9 heteroatoms. The van der Waals surface area contributed by atoms with E-state index in [1.807, 2.05) is 0 Å². The van der Waals surface area contributed by atoms with Crippen molar-refractivity contribution in [1.82, 2.24) is 4.31 Å². The second kappa shape index (κ2) is 6.54. The summed E-state index contributed by atoms with van der Waals surface area (Å²) in [7, 11) is -0.968. The summed E-state index contributed by atoms with van der Waals surface area (Å²) in [5.41, 5.74) is 5.01. The second-order valence-corrected chi connectivity index (χ2v) is 7.36. The fraction of sp³-hybridized carbons (Fsp3) is 0.333. The van der Waals surface area contributed by atoms with E-state index in [2.05, 4.69) is 15.9 Å². The Bertz CT molecular complexity index is 672. The first kappa shape index (κ1) is 17.6. The second-order valence-electron chi connectivity index (χ2n) is 4.38. The topological polar surface area (TPSA) is 107 Å². The molecule has 0 saturated heterocycles. The summed E-state index contributed by atoms with van der Waals surface area (Å²) < 4.78 is 30.4. The zero-order chi connectivity index (χ0) is 16.4. The van der Waals surface area contributed by atoms with Crippen LogP contribution in [0.15, 0.2) is 27.6 Å². The molecular formula is C12H15BrN2O5S. The molecule has 0 fully saturated rings. The Balaban J connectivity index is 3.19. The van der Waals surface area contributed by atoms with Crippen molar-refractivity contribution in [3.05, 3.63) is 28.2 Å². The van der Waals surface area contributed by atoms with E-state index < -0.39 is 28.0 Å². The summed E-state index contributed by atoms with van der Waals surface area (Å²) in [6.07, 6.45) is -1.10. The SMILES string of the molecule is C[C@H](OC(=O)c1ccc(Br)c(S(=O)(=O)N(C)C)c1)C(N)=O. The van der Waals surface area contributed by atoms with E-state index in [4.69, 9.17) is 10.5 Å². The Hall–Kier alpha value is -1.45. The minimum atomic E-state index is -3.72. The van der Waals surface area contributed by atoms with Crippen LogP contribution in [0.2, 0.25) is 0 Å². The van der Waals surface area contributed by atoms with Gasteiger partial charge < -0.3 is 10.5 Å². The van der Waals surface area contributed by atoms with Gasteiger partial charge in [0.25, 0.3) is 5.91 Å². The molecule has 0 saturated carbocycles. The molecular weight excluding hydrogens is 364 g/mol. The van der Waals surface area contributed by atoms with Gasteiger partial charge in [0.1, 0.15) is 0 Å². The Kier molecular flexibility index (Phi) is 5.48. The van der Waals surface area contributed by atoms with E-state index in [-0.39, 0.29) is 10.5 Å². The first-order valence-corrected chi connectivity index (χ1v) is 8.03. The van der Waals surface area contributed by atoms with Gasteiger partial charge in [-0.15, -0.1) is 0 Å². The van der Waals surface area contributed by atoms with Crippen LogP contribution in [0.4, 0.5) is 0 Å². The molecule has 0 radical (unpaired) electrons. The number of hydrogen-bond acceptors (Lipinski definition) is 5. The molecule has 0 aromatic heterocycles. The van der Waals surface area contributed by atoms with Crippen LogP contribution in [0.5, 0.6) is 0 Å². The molecule has 116 valence electrons. The van der Waals surface area contributed by atoms with E-state index in [1.54, 1.807) is 0 Å². The molecule has 1 amide bonds. The maximum Gasteiger partial charge on any atom is 0.338 e. The quantitative estimate of drug-likeness (QED) is 0.759. The van der Waals surface area contributed by atoms with Gasteiger partial charge in [0, 0.05) is 18.6 Å². The van der Waals surface area contributed by atoms with Crippen LogP contribution in [0.25, 0.3) is 0 Å². The van der Waals surface area contributed by atoms with Crippen molar-refractivity contribution < 1.29 is 22.7 Å². The maximum absolute atomic E-state index is 12.1. The fourth-order valence-corrected chi connectivity index (χ4v) is 3.16. The van der Waals surface area contributed by atoms with Gasteiger partial charge in [-0.05, 0) is 41.1 Å². The third-order valence-corrected chi connectivity index (χ3v) is 5.42. The van der Waals surface area contributed by atoms with E-state index in [0.717, 1.165) is 4.31 Å². The summed E-state index contributed by atoms with van der Waals surface area (Å²) in [6.45, 7) is 1.33. The number of amides is 1. The van der Waals surface area contributed by atoms with Gasteiger partial charge in [0.05, 0.1) is 10.5 Å². The standard InChI is InChI=1S/C12H15BrN2O5S/c1-7(11(14)16)20-12(17)8-4-5-9(13)10(6-8)21(18,19)15(2)3/h4-7H,1-3H3,(H2,14,16)/t7-/m0/s1. The van der Waals surface area contributed by atoms with Crippen molar-refractivity contribution in [2.45, 2.75) is 17.9 Å². The summed E-state index contributed by atoms with van der Waals surface area (Å²) in [5, 5.41) is 0. The van der Waals surface area contributed by atoms with Crippen LogP contribution in [0.3, 0.4) is 0 Å². The minimum Gasteiger partial charge on any atom is -0.449 e. The number of benzene rings is 1. The van der Waals surface area contributed by atoms with E-state index in [1.165, 1.54) is 39.2 Å². The molecule has 2 N–H and O–H groups in total. The number of sulfonamides is 1.